The summed E-state index contributed by atoms with van der Waals surface area (Å²) in [5, 5.41) is 11.6. The largest absolute Gasteiger partial charge is 0.389 e. The summed E-state index contributed by atoms with van der Waals surface area (Å²) in [7, 11) is 0. The molecule has 1 aliphatic heterocycles. The van der Waals surface area contributed by atoms with Gasteiger partial charge in [0.25, 0.3) is 5.91 Å². The summed E-state index contributed by atoms with van der Waals surface area (Å²) in [5.41, 5.74) is 0.424. The summed E-state index contributed by atoms with van der Waals surface area (Å²) in [4.78, 5) is 19.7. The second-order valence-electron chi connectivity index (χ2n) is 6.61. The van der Waals surface area contributed by atoms with E-state index in [2.05, 4.69) is 11.9 Å². The molecule has 2 fully saturated rings. The monoisotopic (exact) mass is 308 g/mol. The third-order valence-corrected chi connectivity index (χ3v) is 6.76. The molecule has 1 aromatic heterocycles. The van der Waals surface area contributed by atoms with Crippen LogP contribution in [0, 0.1) is 19.3 Å². The van der Waals surface area contributed by atoms with Gasteiger partial charge in [0.1, 0.15) is 4.88 Å². The van der Waals surface area contributed by atoms with Gasteiger partial charge < -0.3 is 10.0 Å². The molecule has 3 rings (SSSR count). The molecule has 2 heterocycles. The van der Waals surface area contributed by atoms with Crippen molar-refractivity contribution in [1.82, 2.24) is 9.88 Å². The quantitative estimate of drug-likeness (QED) is 0.914. The van der Waals surface area contributed by atoms with Crippen molar-refractivity contribution in [2.75, 3.05) is 13.1 Å². The van der Waals surface area contributed by atoms with Gasteiger partial charge in [-0.15, -0.1) is 11.3 Å². The molecule has 1 N–H and O–H groups in total. The van der Waals surface area contributed by atoms with Crippen molar-refractivity contribution in [3.05, 3.63) is 15.6 Å². The molecule has 0 bridgehead atoms. The molecule has 0 aromatic carbocycles. The van der Waals surface area contributed by atoms with Gasteiger partial charge in [-0.2, -0.15) is 0 Å². The maximum atomic E-state index is 12.6. The van der Waals surface area contributed by atoms with Crippen LogP contribution in [0.5, 0.6) is 0 Å². The molecule has 1 unspecified atom stereocenters. The summed E-state index contributed by atoms with van der Waals surface area (Å²) in [5.74, 6) is 0.118. The molecule has 116 valence electrons. The smallest absolute Gasteiger partial charge is 0.265 e. The Balaban J connectivity index is 1.69. The van der Waals surface area contributed by atoms with E-state index in [1.54, 1.807) is 0 Å². The minimum absolute atomic E-state index is 0.0667. The van der Waals surface area contributed by atoms with E-state index in [0.29, 0.717) is 0 Å². The first kappa shape index (κ1) is 15.0. The van der Waals surface area contributed by atoms with Crippen molar-refractivity contribution in [3.63, 3.8) is 0 Å². The number of likely N-dealkylation sites (tertiary alicyclic amines) is 1. The Bertz CT molecular complexity index is 557. The predicted octanol–water partition coefficient (Wildman–Crippen LogP) is 2.92. The zero-order chi connectivity index (χ0) is 15.3. The number of nitrogens with zero attached hydrogens (tertiary/aromatic N) is 2. The van der Waals surface area contributed by atoms with Crippen molar-refractivity contribution in [2.45, 2.75) is 58.5 Å². The SMILES string of the molecule is CCC1(O)CCC12CCN(C(=O)c1sc(C)nc1C)CC2. The molecule has 4 nitrogen and oxygen atoms in total. The molecule has 1 saturated heterocycles. The van der Waals surface area contributed by atoms with E-state index in [-0.39, 0.29) is 11.3 Å². The van der Waals surface area contributed by atoms with E-state index < -0.39 is 5.60 Å². The highest BCUT2D eigenvalue weighted by Crippen LogP contribution is 2.57. The van der Waals surface area contributed by atoms with Crippen molar-refractivity contribution in [3.8, 4) is 0 Å². The van der Waals surface area contributed by atoms with Crippen LogP contribution in [0.1, 0.15) is 59.4 Å². The highest BCUT2D eigenvalue weighted by atomic mass is 32.1. The minimum Gasteiger partial charge on any atom is -0.389 e. The maximum Gasteiger partial charge on any atom is 0.265 e. The van der Waals surface area contributed by atoms with Gasteiger partial charge >= 0.3 is 0 Å². The summed E-state index contributed by atoms with van der Waals surface area (Å²) in [6, 6.07) is 0. The topological polar surface area (TPSA) is 53.4 Å². The van der Waals surface area contributed by atoms with Gasteiger partial charge in [-0.05, 0) is 46.0 Å². The first-order valence-electron chi connectivity index (χ1n) is 7.86. The van der Waals surface area contributed by atoms with E-state index in [1.807, 2.05) is 18.7 Å². The number of carbonyl (C=O) groups is 1. The summed E-state index contributed by atoms with van der Waals surface area (Å²) in [6.07, 6.45) is 4.72. The molecule has 2 aliphatic rings. The standard InChI is InChI=1S/C16H24N2O2S/c1-4-16(20)6-5-15(16)7-9-18(10-8-15)14(19)13-11(2)17-12(3)21-13/h20H,4-10H2,1-3H3. The van der Waals surface area contributed by atoms with Crippen LogP contribution in [-0.2, 0) is 0 Å². The zero-order valence-electron chi connectivity index (χ0n) is 13.1. The molecule has 5 heteroatoms. The fourth-order valence-corrected chi connectivity index (χ4v) is 4.93. The molecule has 1 spiro atoms. The van der Waals surface area contributed by atoms with Crippen LogP contribution in [0.2, 0.25) is 0 Å². The lowest BCUT2D eigenvalue weighted by Gasteiger charge is -2.59. The van der Waals surface area contributed by atoms with Crippen LogP contribution in [-0.4, -0.2) is 39.6 Å². The first-order chi connectivity index (χ1) is 9.91. The Morgan fingerprint density at radius 1 is 1.29 bits per heavy atom. The van der Waals surface area contributed by atoms with Crippen molar-refractivity contribution < 1.29 is 9.90 Å². The number of aromatic nitrogens is 1. The molecule has 1 aromatic rings. The summed E-state index contributed by atoms with van der Waals surface area (Å²) >= 11 is 1.49. The lowest BCUT2D eigenvalue weighted by molar-refractivity contribution is -0.188. The van der Waals surface area contributed by atoms with Crippen LogP contribution in [0.15, 0.2) is 0 Å². The van der Waals surface area contributed by atoms with E-state index in [1.165, 1.54) is 11.3 Å². The van der Waals surface area contributed by atoms with Crippen LogP contribution in [0.3, 0.4) is 0 Å². The molecule has 21 heavy (non-hydrogen) atoms. The van der Waals surface area contributed by atoms with E-state index in [4.69, 9.17) is 0 Å². The lowest BCUT2D eigenvalue weighted by Crippen LogP contribution is -2.61. The second-order valence-corrected chi connectivity index (χ2v) is 7.81. The van der Waals surface area contributed by atoms with Gasteiger partial charge in [-0.3, -0.25) is 4.79 Å². The van der Waals surface area contributed by atoms with Gasteiger partial charge in [0.15, 0.2) is 0 Å². The fourth-order valence-electron chi connectivity index (χ4n) is 4.05. The normalized spacial score (nSPS) is 27.7. The van der Waals surface area contributed by atoms with E-state index in [9.17, 15) is 9.90 Å². The van der Waals surface area contributed by atoms with Gasteiger partial charge in [0.05, 0.1) is 16.3 Å². The lowest BCUT2D eigenvalue weighted by atomic mass is 9.51. The number of rotatable bonds is 2. The van der Waals surface area contributed by atoms with Gasteiger partial charge in [-0.25, -0.2) is 4.98 Å². The number of thiazole rings is 1. The average Bonchev–Trinajstić information content (AvgIpc) is 2.83. The van der Waals surface area contributed by atoms with Crippen molar-refractivity contribution in [1.29, 1.82) is 0 Å². The maximum absolute atomic E-state index is 12.6. The first-order valence-corrected chi connectivity index (χ1v) is 8.68. The number of aryl methyl sites for hydroxylation is 2. The number of hydrogen-bond acceptors (Lipinski definition) is 4. The van der Waals surface area contributed by atoms with E-state index in [0.717, 1.165) is 60.8 Å². The van der Waals surface area contributed by atoms with Crippen molar-refractivity contribution >= 4 is 17.2 Å². The van der Waals surface area contributed by atoms with Gasteiger partial charge in [0.2, 0.25) is 0 Å². The Hall–Kier alpha value is -0.940. The third kappa shape index (κ3) is 2.21. The van der Waals surface area contributed by atoms with Gasteiger partial charge in [-0.1, -0.05) is 6.92 Å². The second kappa shape index (κ2) is 5.06. The molecule has 1 saturated carbocycles. The molecular weight excluding hydrogens is 284 g/mol. The molecular formula is C16H24N2O2S. The number of piperidine rings is 1. The minimum atomic E-state index is -0.487. The van der Waals surface area contributed by atoms with Crippen LogP contribution in [0.25, 0.3) is 0 Å². The zero-order valence-corrected chi connectivity index (χ0v) is 13.9. The molecule has 1 amide bonds. The molecule has 1 atom stereocenters. The van der Waals surface area contributed by atoms with Crippen molar-refractivity contribution in [2.24, 2.45) is 5.41 Å². The Morgan fingerprint density at radius 2 is 1.95 bits per heavy atom. The highest BCUT2D eigenvalue weighted by molar-refractivity contribution is 7.13. The number of amides is 1. The molecule has 0 radical (unpaired) electrons. The van der Waals surface area contributed by atoms with Crippen LogP contribution in [0.4, 0.5) is 0 Å². The van der Waals surface area contributed by atoms with Gasteiger partial charge in [0, 0.05) is 18.5 Å². The molecule has 1 aliphatic carbocycles. The number of carbonyl (C=O) groups excluding carboxylic acids is 1. The Labute approximate surface area is 130 Å². The Kier molecular flexibility index (Phi) is 3.61. The average molecular weight is 308 g/mol. The summed E-state index contributed by atoms with van der Waals surface area (Å²) < 4.78 is 0. The summed E-state index contributed by atoms with van der Waals surface area (Å²) in [6.45, 7) is 7.44. The van der Waals surface area contributed by atoms with Crippen LogP contribution < -0.4 is 0 Å². The third-order valence-electron chi connectivity index (χ3n) is 5.69. The Morgan fingerprint density at radius 3 is 2.38 bits per heavy atom. The fraction of sp³-hybridized carbons (Fsp3) is 0.750. The van der Waals surface area contributed by atoms with Crippen LogP contribution >= 0.6 is 11.3 Å². The highest BCUT2D eigenvalue weighted by Gasteiger charge is 2.57. The number of hydrogen-bond donors (Lipinski definition) is 1. The predicted molar refractivity (Wildman–Crippen MR) is 83.6 cm³/mol. The number of aliphatic hydroxyl groups is 1. The van der Waals surface area contributed by atoms with E-state index >= 15 is 0 Å².